The largest absolute Gasteiger partial charge is 0.465 e. The van der Waals surface area contributed by atoms with Crippen LogP contribution in [0.2, 0.25) is 0 Å². The van der Waals surface area contributed by atoms with E-state index in [-0.39, 0.29) is 16.5 Å². The minimum absolute atomic E-state index is 0.0461. The highest BCUT2D eigenvalue weighted by Gasteiger charge is 2.35. The predicted octanol–water partition coefficient (Wildman–Crippen LogP) is 2.70. The highest BCUT2D eigenvalue weighted by atomic mass is 16.5. The molecule has 1 saturated carbocycles. The van der Waals surface area contributed by atoms with E-state index in [1.54, 1.807) is 12.4 Å². The highest BCUT2D eigenvalue weighted by Crippen LogP contribution is 2.41. The average Bonchev–Trinajstić information content (AvgIpc) is 3.37. The zero-order valence-corrected chi connectivity index (χ0v) is 17.4. The smallest absolute Gasteiger partial charge is 0.341 e. The predicted molar refractivity (Wildman–Crippen MR) is 113 cm³/mol. The molecule has 31 heavy (non-hydrogen) atoms. The lowest BCUT2D eigenvalue weighted by atomic mass is 9.71. The molecule has 0 bridgehead atoms. The fourth-order valence-corrected chi connectivity index (χ4v) is 4.87. The van der Waals surface area contributed by atoms with Crippen molar-refractivity contribution in [2.24, 2.45) is 5.41 Å². The molecule has 0 amide bonds. The van der Waals surface area contributed by atoms with Gasteiger partial charge in [-0.05, 0) is 30.4 Å². The number of esters is 1. The first-order valence-corrected chi connectivity index (χ1v) is 10.5. The van der Waals surface area contributed by atoms with Crippen LogP contribution in [-0.4, -0.2) is 42.4 Å². The second kappa shape index (κ2) is 7.64. The fraction of sp³-hybridized carbons (Fsp3) is 0.409. The summed E-state index contributed by atoms with van der Waals surface area (Å²) in [5, 5.41) is 15.2. The number of ether oxygens (including phenoxy) is 1. The maximum Gasteiger partial charge on any atom is 0.341 e. The standard InChI is InChI=1S/C22H24N6O3/c1-31-21(30)16-13-27(12-15-19(16)25-26-20(15)29)14-22(8-4-2-5-9-22)11-18-24-23-17-7-3-6-10-28(17)18/h3,6-7,10,12-13H,2,4-5,8-9,11,14H2,1H3,(H,26,29). The number of carbonyl (C=O) groups excluding carboxylic acids is 1. The summed E-state index contributed by atoms with van der Waals surface area (Å²) in [7, 11) is 1.33. The molecule has 0 aromatic carbocycles. The Labute approximate surface area is 178 Å². The Bertz CT molecular complexity index is 1260. The molecule has 0 spiro atoms. The van der Waals surface area contributed by atoms with Gasteiger partial charge in [-0.15, -0.1) is 10.2 Å². The topological polar surface area (TPSA) is 107 Å². The zero-order valence-electron chi connectivity index (χ0n) is 17.4. The van der Waals surface area contributed by atoms with Crippen molar-refractivity contribution in [3.63, 3.8) is 0 Å². The molecule has 2 aromatic heterocycles. The van der Waals surface area contributed by atoms with Crippen LogP contribution in [0.1, 0.15) is 48.3 Å². The highest BCUT2D eigenvalue weighted by molar-refractivity contribution is 5.95. The van der Waals surface area contributed by atoms with E-state index in [2.05, 4.69) is 20.4 Å². The number of carbonyl (C=O) groups is 1. The van der Waals surface area contributed by atoms with E-state index in [9.17, 15) is 9.59 Å². The molecule has 9 nitrogen and oxygen atoms in total. The molecule has 9 heteroatoms. The number of hydrogen-bond acceptors (Lipinski definition) is 6. The summed E-state index contributed by atoms with van der Waals surface area (Å²) in [5.74, 6) is 0.423. The first kappa shape index (κ1) is 19.5. The minimum Gasteiger partial charge on any atom is -0.465 e. The number of fused-ring (bicyclic) bond motifs is 2. The number of aromatic amines is 1. The van der Waals surface area contributed by atoms with Crippen molar-refractivity contribution in [3.8, 4) is 11.3 Å². The van der Waals surface area contributed by atoms with Crippen LogP contribution in [0.3, 0.4) is 0 Å². The zero-order chi connectivity index (χ0) is 21.4. The summed E-state index contributed by atoms with van der Waals surface area (Å²) in [6.45, 7) is 0.666. The lowest BCUT2D eigenvalue weighted by Crippen LogP contribution is -2.33. The van der Waals surface area contributed by atoms with Gasteiger partial charge in [0, 0.05) is 31.6 Å². The Morgan fingerprint density at radius 1 is 1.19 bits per heavy atom. The number of rotatable bonds is 5. The monoisotopic (exact) mass is 420 g/mol. The minimum atomic E-state index is -0.507. The molecule has 0 atom stereocenters. The fourth-order valence-electron chi connectivity index (χ4n) is 4.87. The van der Waals surface area contributed by atoms with Crippen molar-refractivity contribution in [1.82, 2.24) is 29.4 Å². The molecule has 1 aliphatic carbocycles. The van der Waals surface area contributed by atoms with Crippen molar-refractivity contribution >= 4 is 11.6 Å². The summed E-state index contributed by atoms with van der Waals surface area (Å²) in [6.07, 6.45) is 11.9. The number of nitrogens with one attached hydrogen (secondary N) is 1. The summed E-state index contributed by atoms with van der Waals surface area (Å²) in [6, 6.07) is 5.88. The molecule has 2 aromatic rings. The number of pyridine rings is 2. The first-order chi connectivity index (χ1) is 15.1. The number of aromatic nitrogens is 6. The summed E-state index contributed by atoms with van der Waals surface area (Å²) < 4.78 is 8.91. The van der Waals surface area contributed by atoms with Crippen molar-refractivity contribution in [3.05, 3.63) is 58.5 Å². The van der Waals surface area contributed by atoms with Crippen LogP contribution in [0.15, 0.2) is 41.6 Å². The molecule has 0 saturated heterocycles. The van der Waals surface area contributed by atoms with Gasteiger partial charge in [0.1, 0.15) is 17.1 Å². The van der Waals surface area contributed by atoms with Crippen LogP contribution in [0.4, 0.5) is 0 Å². The van der Waals surface area contributed by atoms with E-state index in [4.69, 9.17) is 4.74 Å². The lowest BCUT2D eigenvalue weighted by Gasteiger charge is -2.37. The Morgan fingerprint density at radius 2 is 2.03 bits per heavy atom. The summed E-state index contributed by atoms with van der Waals surface area (Å²) in [5.41, 5.74) is 1.50. The molecule has 4 heterocycles. The van der Waals surface area contributed by atoms with Crippen molar-refractivity contribution in [2.75, 3.05) is 7.11 Å². The third-order valence-electron chi connectivity index (χ3n) is 6.37. The van der Waals surface area contributed by atoms with Crippen LogP contribution in [0.25, 0.3) is 16.9 Å². The number of methoxy groups -OCH3 is 1. The van der Waals surface area contributed by atoms with Gasteiger partial charge >= 0.3 is 5.97 Å². The second-order valence-electron chi connectivity index (χ2n) is 8.43. The molecule has 5 rings (SSSR count). The molecule has 3 aliphatic rings. The average molecular weight is 420 g/mol. The first-order valence-electron chi connectivity index (χ1n) is 10.5. The Hall–Kier alpha value is -3.49. The third-order valence-corrected chi connectivity index (χ3v) is 6.37. The van der Waals surface area contributed by atoms with E-state index >= 15 is 0 Å². The van der Waals surface area contributed by atoms with E-state index in [1.807, 2.05) is 33.4 Å². The van der Waals surface area contributed by atoms with Crippen LogP contribution in [-0.2, 0) is 17.7 Å². The SMILES string of the molecule is COC(=O)c1cn(CC2(Cc3nnc4ccccn34)CCCCC2)cc2c(=O)[nH]nc1-2. The Morgan fingerprint density at radius 3 is 2.84 bits per heavy atom. The van der Waals surface area contributed by atoms with Crippen LogP contribution >= 0.6 is 0 Å². The van der Waals surface area contributed by atoms with Gasteiger partial charge in [-0.25, -0.2) is 9.89 Å². The van der Waals surface area contributed by atoms with Crippen molar-refractivity contribution in [2.45, 2.75) is 45.1 Å². The van der Waals surface area contributed by atoms with Crippen molar-refractivity contribution in [1.29, 1.82) is 0 Å². The number of H-pyrrole nitrogens is 1. The molecule has 0 unspecified atom stereocenters. The molecule has 0 radical (unpaired) electrons. The molecule has 2 aliphatic heterocycles. The van der Waals surface area contributed by atoms with E-state index in [1.165, 1.54) is 13.5 Å². The van der Waals surface area contributed by atoms with Gasteiger partial charge in [0.2, 0.25) is 0 Å². The third kappa shape index (κ3) is 3.49. The van der Waals surface area contributed by atoms with Gasteiger partial charge in [0.25, 0.3) is 5.56 Å². The van der Waals surface area contributed by atoms with Crippen LogP contribution in [0, 0.1) is 5.41 Å². The molecule has 1 N–H and O–H groups in total. The van der Waals surface area contributed by atoms with Crippen molar-refractivity contribution < 1.29 is 9.53 Å². The molecular weight excluding hydrogens is 396 g/mol. The Kier molecular flexibility index (Phi) is 4.80. The molecule has 1 fully saturated rings. The van der Waals surface area contributed by atoms with Gasteiger partial charge < -0.3 is 9.30 Å². The van der Waals surface area contributed by atoms with Crippen LogP contribution in [0.5, 0.6) is 0 Å². The lowest BCUT2D eigenvalue weighted by molar-refractivity contribution is 0.0599. The van der Waals surface area contributed by atoms with Gasteiger partial charge in [0.15, 0.2) is 5.65 Å². The Balaban J connectivity index is 1.55. The molecule has 160 valence electrons. The second-order valence-corrected chi connectivity index (χ2v) is 8.43. The van der Waals surface area contributed by atoms with E-state index in [0.717, 1.165) is 43.6 Å². The normalized spacial score (nSPS) is 16.0. The van der Waals surface area contributed by atoms with E-state index in [0.29, 0.717) is 17.8 Å². The maximum atomic E-state index is 12.4. The van der Waals surface area contributed by atoms with E-state index < -0.39 is 5.97 Å². The number of nitrogens with zero attached hydrogens (tertiary/aromatic N) is 5. The van der Waals surface area contributed by atoms with Gasteiger partial charge in [-0.1, -0.05) is 25.3 Å². The summed E-state index contributed by atoms with van der Waals surface area (Å²) >= 11 is 0. The maximum absolute atomic E-state index is 12.4. The van der Waals surface area contributed by atoms with Gasteiger partial charge in [0.05, 0.1) is 12.7 Å². The number of hydrogen-bond donors (Lipinski definition) is 1. The quantitative estimate of drug-likeness (QED) is 0.498. The van der Waals surface area contributed by atoms with Gasteiger partial charge in [-0.3, -0.25) is 9.20 Å². The summed E-state index contributed by atoms with van der Waals surface area (Å²) in [4.78, 5) is 24.6. The van der Waals surface area contributed by atoms with Crippen LogP contribution < -0.4 is 5.56 Å². The molecular formula is C22H24N6O3. The van der Waals surface area contributed by atoms with Gasteiger partial charge in [-0.2, -0.15) is 5.10 Å².